The molecule has 0 N–H and O–H groups in total. The Morgan fingerprint density at radius 1 is 0.333 bits per heavy atom. The number of rotatable bonds is 3. The van der Waals surface area contributed by atoms with Crippen LogP contribution in [0.2, 0.25) is 0 Å². The molecule has 8 rings (SSSR count). The molecule has 0 aromatic heterocycles. The van der Waals surface area contributed by atoms with Crippen molar-refractivity contribution in [2.75, 3.05) is 0 Å². The van der Waals surface area contributed by atoms with Gasteiger partial charge in [-0.3, -0.25) is 0 Å². The maximum Gasteiger partial charge on any atom is 0.0175 e. The van der Waals surface area contributed by atoms with Crippen LogP contribution in [0.4, 0.5) is 0 Å². The second-order valence-corrected chi connectivity index (χ2v) is 11.2. The van der Waals surface area contributed by atoms with Crippen molar-refractivity contribution in [3.63, 3.8) is 0 Å². The highest BCUT2D eigenvalue weighted by Gasteiger charge is 2.15. The molecule has 8 aromatic rings. The maximum absolute atomic E-state index is 3.58. The molecule has 0 aliphatic rings. The third kappa shape index (κ3) is 3.66. The molecule has 0 bridgehead atoms. The zero-order valence-corrected chi connectivity index (χ0v) is 22.7. The molecular weight excluding hydrogens is 536 g/mol. The molecule has 0 atom stereocenters. The van der Waals surface area contributed by atoms with Crippen molar-refractivity contribution in [1.29, 1.82) is 0 Å². The van der Waals surface area contributed by atoms with Crippen molar-refractivity contribution < 1.29 is 0 Å². The molecule has 0 saturated carbocycles. The first-order chi connectivity index (χ1) is 19.2. The predicted molar refractivity (Wildman–Crippen MR) is 172 cm³/mol. The first-order valence-electron chi connectivity index (χ1n) is 13.3. The molecule has 0 spiro atoms. The fourth-order valence-corrected chi connectivity index (χ4v) is 6.43. The largest absolute Gasteiger partial charge is 0.0616 e. The highest BCUT2D eigenvalue weighted by Crippen LogP contribution is 2.42. The standard InChI is InChI=1S/C38H23Br/c39-32-16-10-25(11-17-32)33-18-12-26-15-21-36-34(19-13-27-14-20-35(33)37(26)38(27)36)31-7-3-6-29(23-31)30-9-8-24-4-1-2-5-28(24)22-30/h1-23H. The molecule has 0 aliphatic carbocycles. The van der Waals surface area contributed by atoms with Crippen LogP contribution in [0.5, 0.6) is 0 Å². The van der Waals surface area contributed by atoms with Crippen molar-refractivity contribution in [1.82, 2.24) is 0 Å². The molecule has 0 saturated heterocycles. The predicted octanol–water partition coefficient (Wildman–Crippen LogP) is 11.5. The van der Waals surface area contributed by atoms with Gasteiger partial charge < -0.3 is 0 Å². The van der Waals surface area contributed by atoms with Crippen LogP contribution in [0, 0.1) is 0 Å². The van der Waals surface area contributed by atoms with Crippen molar-refractivity contribution in [2.45, 2.75) is 0 Å². The summed E-state index contributed by atoms with van der Waals surface area (Å²) >= 11 is 3.58. The first-order valence-corrected chi connectivity index (χ1v) is 14.1. The summed E-state index contributed by atoms with van der Waals surface area (Å²) in [6.45, 7) is 0. The second-order valence-electron chi connectivity index (χ2n) is 10.3. The van der Waals surface area contributed by atoms with E-state index in [1.165, 1.54) is 76.5 Å². The van der Waals surface area contributed by atoms with Crippen LogP contribution >= 0.6 is 15.9 Å². The Labute approximate surface area is 235 Å². The normalized spacial score (nSPS) is 11.7. The Morgan fingerprint density at radius 2 is 0.872 bits per heavy atom. The fourth-order valence-electron chi connectivity index (χ4n) is 6.17. The molecule has 0 unspecified atom stereocenters. The summed E-state index contributed by atoms with van der Waals surface area (Å²) in [5.41, 5.74) is 7.50. The lowest BCUT2D eigenvalue weighted by Gasteiger charge is -2.17. The minimum Gasteiger partial charge on any atom is -0.0616 e. The van der Waals surface area contributed by atoms with Gasteiger partial charge >= 0.3 is 0 Å². The zero-order valence-electron chi connectivity index (χ0n) is 21.2. The Hall–Kier alpha value is -4.46. The minimum absolute atomic E-state index is 1.10. The van der Waals surface area contributed by atoms with Crippen LogP contribution in [0.1, 0.15) is 0 Å². The molecule has 39 heavy (non-hydrogen) atoms. The van der Waals surface area contributed by atoms with Crippen molar-refractivity contribution >= 4 is 59.0 Å². The number of hydrogen-bond acceptors (Lipinski definition) is 0. The van der Waals surface area contributed by atoms with Gasteiger partial charge in [0.1, 0.15) is 0 Å². The van der Waals surface area contributed by atoms with E-state index in [9.17, 15) is 0 Å². The van der Waals surface area contributed by atoms with E-state index in [1.54, 1.807) is 0 Å². The minimum atomic E-state index is 1.10. The zero-order chi connectivity index (χ0) is 25.9. The average molecular weight is 560 g/mol. The quantitative estimate of drug-likeness (QED) is 0.189. The maximum atomic E-state index is 3.58. The topological polar surface area (TPSA) is 0 Å². The molecule has 0 nitrogen and oxygen atoms in total. The van der Waals surface area contributed by atoms with Crippen molar-refractivity contribution in [3.05, 3.63) is 144 Å². The third-order valence-electron chi connectivity index (χ3n) is 8.08. The summed E-state index contributed by atoms with van der Waals surface area (Å²) in [6.07, 6.45) is 0. The van der Waals surface area contributed by atoms with Crippen LogP contribution in [-0.4, -0.2) is 0 Å². The van der Waals surface area contributed by atoms with Gasteiger partial charge in [-0.15, -0.1) is 0 Å². The van der Waals surface area contributed by atoms with Gasteiger partial charge in [0.05, 0.1) is 0 Å². The van der Waals surface area contributed by atoms with Gasteiger partial charge in [-0.2, -0.15) is 0 Å². The van der Waals surface area contributed by atoms with E-state index in [-0.39, 0.29) is 0 Å². The molecule has 0 radical (unpaired) electrons. The number of benzene rings is 8. The van der Waals surface area contributed by atoms with E-state index < -0.39 is 0 Å². The van der Waals surface area contributed by atoms with E-state index in [2.05, 4.69) is 155 Å². The van der Waals surface area contributed by atoms with Gasteiger partial charge in [-0.1, -0.05) is 131 Å². The number of hydrogen-bond donors (Lipinski definition) is 0. The SMILES string of the molecule is Brc1ccc(-c2ccc3ccc4c(-c5cccc(-c6ccc7ccccc7c6)c5)ccc5ccc2c3c54)cc1. The molecular formula is C38H23Br. The molecule has 182 valence electrons. The highest BCUT2D eigenvalue weighted by atomic mass is 79.9. The molecule has 0 heterocycles. The lowest BCUT2D eigenvalue weighted by atomic mass is 9.87. The number of halogens is 1. The number of fused-ring (bicyclic) bond motifs is 1. The Bertz CT molecular complexity index is 2170. The van der Waals surface area contributed by atoms with Gasteiger partial charge in [-0.25, -0.2) is 0 Å². The summed E-state index contributed by atoms with van der Waals surface area (Å²) in [5, 5.41) is 10.4. The van der Waals surface area contributed by atoms with Crippen LogP contribution in [0.15, 0.2) is 144 Å². The Balaban J connectivity index is 1.33. The summed E-state index contributed by atoms with van der Waals surface area (Å²) < 4.78 is 1.10. The Kier molecular flexibility index (Phi) is 5.08. The van der Waals surface area contributed by atoms with E-state index in [0.717, 1.165) is 4.47 Å². The van der Waals surface area contributed by atoms with Gasteiger partial charge in [0.25, 0.3) is 0 Å². The Morgan fingerprint density at radius 3 is 1.59 bits per heavy atom. The summed E-state index contributed by atoms with van der Waals surface area (Å²) in [6, 6.07) is 51.2. The molecule has 1 heteroatoms. The van der Waals surface area contributed by atoms with E-state index in [4.69, 9.17) is 0 Å². The van der Waals surface area contributed by atoms with Crippen LogP contribution in [0.25, 0.3) is 76.5 Å². The first kappa shape index (κ1) is 22.5. The van der Waals surface area contributed by atoms with Gasteiger partial charge in [0.15, 0.2) is 0 Å². The monoisotopic (exact) mass is 558 g/mol. The van der Waals surface area contributed by atoms with E-state index >= 15 is 0 Å². The van der Waals surface area contributed by atoms with Gasteiger partial charge in [-0.05, 0) is 101 Å². The lowest BCUT2D eigenvalue weighted by molar-refractivity contribution is 1.62. The molecule has 0 amide bonds. The summed E-state index contributed by atoms with van der Waals surface area (Å²) in [4.78, 5) is 0. The van der Waals surface area contributed by atoms with E-state index in [0.29, 0.717) is 0 Å². The highest BCUT2D eigenvalue weighted by molar-refractivity contribution is 9.10. The third-order valence-corrected chi connectivity index (χ3v) is 8.60. The van der Waals surface area contributed by atoms with Gasteiger partial charge in [0.2, 0.25) is 0 Å². The van der Waals surface area contributed by atoms with E-state index in [1.807, 2.05) is 0 Å². The second kappa shape index (κ2) is 8.80. The van der Waals surface area contributed by atoms with Crippen LogP contribution < -0.4 is 0 Å². The fraction of sp³-hybridized carbons (Fsp3) is 0. The van der Waals surface area contributed by atoms with Crippen LogP contribution in [0.3, 0.4) is 0 Å². The summed E-state index contributed by atoms with van der Waals surface area (Å²) in [7, 11) is 0. The smallest absolute Gasteiger partial charge is 0.0175 e. The van der Waals surface area contributed by atoms with Crippen LogP contribution in [-0.2, 0) is 0 Å². The molecule has 0 aliphatic heterocycles. The molecule has 0 fully saturated rings. The summed E-state index contributed by atoms with van der Waals surface area (Å²) in [5.74, 6) is 0. The van der Waals surface area contributed by atoms with Gasteiger partial charge in [0, 0.05) is 4.47 Å². The lowest BCUT2D eigenvalue weighted by Crippen LogP contribution is -1.90. The van der Waals surface area contributed by atoms with Crippen molar-refractivity contribution in [2.24, 2.45) is 0 Å². The average Bonchev–Trinajstić information content (AvgIpc) is 3.00. The molecule has 8 aromatic carbocycles. The van der Waals surface area contributed by atoms with Crippen molar-refractivity contribution in [3.8, 4) is 33.4 Å².